The molecule has 3 aromatic rings. The first-order valence-corrected chi connectivity index (χ1v) is 15.2. The predicted molar refractivity (Wildman–Crippen MR) is 143 cm³/mol. The third-order valence-electron chi connectivity index (χ3n) is 7.40. The van der Waals surface area contributed by atoms with Gasteiger partial charge >= 0.3 is 6.36 Å². The summed E-state index contributed by atoms with van der Waals surface area (Å²) in [5, 5.41) is 12.0. The zero-order chi connectivity index (χ0) is 28.3. The van der Waals surface area contributed by atoms with Gasteiger partial charge in [0.2, 0.25) is 0 Å². The van der Waals surface area contributed by atoms with Crippen LogP contribution in [0.5, 0.6) is 11.5 Å². The molecule has 0 bridgehead atoms. The lowest BCUT2D eigenvalue weighted by Gasteiger charge is -2.37. The van der Waals surface area contributed by atoms with E-state index in [1.54, 1.807) is 36.4 Å². The van der Waals surface area contributed by atoms with Crippen molar-refractivity contribution in [3.8, 4) is 11.5 Å². The average Bonchev–Trinajstić information content (AvgIpc) is 3.02. The van der Waals surface area contributed by atoms with E-state index in [0.29, 0.717) is 16.8 Å². The summed E-state index contributed by atoms with van der Waals surface area (Å²) in [6.07, 6.45) is -4.88. The summed E-state index contributed by atoms with van der Waals surface area (Å²) in [6.45, 7) is 14.5. The largest absolute Gasteiger partial charge is 0.573 e. The first-order valence-electron chi connectivity index (χ1n) is 12.3. The molecule has 38 heavy (non-hydrogen) atoms. The fourth-order valence-electron chi connectivity index (χ4n) is 4.44. The van der Waals surface area contributed by atoms with Gasteiger partial charge in [0.1, 0.15) is 11.5 Å². The van der Waals surface area contributed by atoms with Crippen molar-refractivity contribution in [3.05, 3.63) is 82.9 Å². The van der Waals surface area contributed by atoms with Crippen LogP contribution in [-0.2, 0) is 10.4 Å². The molecule has 0 aromatic heterocycles. The van der Waals surface area contributed by atoms with Crippen LogP contribution in [0.2, 0.25) is 18.1 Å². The minimum Gasteiger partial charge on any atom is -0.543 e. The van der Waals surface area contributed by atoms with Gasteiger partial charge in [-0.25, -0.2) is 0 Å². The lowest BCUT2D eigenvalue weighted by atomic mass is 9.85. The summed E-state index contributed by atoms with van der Waals surface area (Å²) < 4.78 is 49.1. The molecule has 1 N–H and O–H groups in total. The fraction of sp³-hybridized carbons (Fsp3) is 0.345. The Morgan fingerprint density at radius 1 is 0.921 bits per heavy atom. The molecule has 1 unspecified atom stereocenters. The summed E-state index contributed by atoms with van der Waals surface area (Å²) in [5.41, 5.74) is 0.724. The Morgan fingerprint density at radius 2 is 1.53 bits per heavy atom. The van der Waals surface area contributed by atoms with E-state index in [4.69, 9.17) is 4.43 Å². The van der Waals surface area contributed by atoms with Crippen molar-refractivity contribution < 1.29 is 32.2 Å². The summed E-state index contributed by atoms with van der Waals surface area (Å²) in [6, 6.07) is 15.3. The average molecular weight is 544 g/mol. The lowest BCUT2D eigenvalue weighted by Crippen LogP contribution is -2.44. The number of amides is 1. The molecule has 1 atom stereocenters. The predicted octanol–water partition coefficient (Wildman–Crippen LogP) is 7.50. The number of nitrogens with zero attached hydrogens (tertiary/aromatic N) is 1. The Labute approximate surface area is 221 Å². The number of benzene rings is 3. The SMILES string of the molecule is Cc1cc(C2(O)C(=O)N(c3cccc(OC(F)(F)F)c3)c3ccccc32)cc(C)c1O[Si](C)(C)C(C)(C)C. The van der Waals surface area contributed by atoms with Gasteiger partial charge in [0, 0.05) is 11.6 Å². The number of aliphatic hydroxyl groups is 1. The van der Waals surface area contributed by atoms with E-state index >= 15 is 0 Å². The first kappa shape index (κ1) is 27.7. The molecule has 3 aromatic carbocycles. The second-order valence-electron chi connectivity index (χ2n) is 11.2. The van der Waals surface area contributed by atoms with E-state index in [2.05, 4.69) is 38.6 Å². The highest BCUT2D eigenvalue weighted by atomic mass is 28.4. The van der Waals surface area contributed by atoms with Crippen molar-refractivity contribution in [2.24, 2.45) is 0 Å². The lowest BCUT2D eigenvalue weighted by molar-refractivity contribution is -0.274. The summed E-state index contributed by atoms with van der Waals surface area (Å²) in [4.78, 5) is 15.2. The molecular formula is C29H32F3NO4Si. The van der Waals surface area contributed by atoms with Crippen LogP contribution in [-0.4, -0.2) is 25.7 Å². The first-order chi connectivity index (χ1) is 17.5. The Hall–Kier alpha value is -3.30. The van der Waals surface area contributed by atoms with Gasteiger partial charge in [-0.2, -0.15) is 0 Å². The molecule has 5 nitrogen and oxygen atoms in total. The molecule has 4 rings (SSSR count). The molecule has 9 heteroatoms. The molecule has 0 fully saturated rings. The number of alkyl halides is 3. The maximum absolute atomic E-state index is 13.9. The fourth-order valence-corrected chi connectivity index (χ4v) is 5.58. The number of ether oxygens (including phenoxy) is 1. The van der Waals surface area contributed by atoms with E-state index in [-0.39, 0.29) is 10.7 Å². The number of hydrogen-bond acceptors (Lipinski definition) is 4. The van der Waals surface area contributed by atoms with E-state index in [1.807, 2.05) is 13.8 Å². The molecule has 1 amide bonds. The van der Waals surface area contributed by atoms with E-state index in [1.165, 1.54) is 17.0 Å². The van der Waals surface area contributed by atoms with Crippen LogP contribution < -0.4 is 14.1 Å². The van der Waals surface area contributed by atoms with Gasteiger partial charge in [0.25, 0.3) is 14.2 Å². The van der Waals surface area contributed by atoms with Gasteiger partial charge < -0.3 is 14.3 Å². The van der Waals surface area contributed by atoms with Crippen LogP contribution in [0.1, 0.15) is 43.0 Å². The molecule has 1 heterocycles. The van der Waals surface area contributed by atoms with E-state index in [0.717, 1.165) is 29.0 Å². The van der Waals surface area contributed by atoms with E-state index in [9.17, 15) is 23.1 Å². The normalized spacial score (nSPS) is 18.0. The molecule has 202 valence electrons. The number of halogens is 3. The van der Waals surface area contributed by atoms with Crippen LogP contribution in [0.3, 0.4) is 0 Å². The maximum atomic E-state index is 13.9. The molecular weight excluding hydrogens is 511 g/mol. The van der Waals surface area contributed by atoms with Gasteiger partial charge in [-0.1, -0.05) is 45.0 Å². The van der Waals surface area contributed by atoms with Crippen molar-refractivity contribution in [1.82, 2.24) is 0 Å². The number of carbonyl (C=O) groups is 1. The number of hydrogen-bond donors (Lipinski definition) is 1. The minimum absolute atomic E-state index is 0.0199. The molecule has 0 saturated carbocycles. The van der Waals surface area contributed by atoms with Crippen LogP contribution in [0.25, 0.3) is 0 Å². The highest BCUT2D eigenvalue weighted by Crippen LogP contribution is 2.49. The van der Waals surface area contributed by atoms with Crippen molar-refractivity contribution in [1.29, 1.82) is 0 Å². The highest BCUT2D eigenvalue weighted by molar-refractivity contribution is 6.74. The quantitative estimate of drug-likeness (QED) is 0.339. The summed E-state index contributed by atoms with van der Waals surface area (Å²) in [7, 11) is -2.15. The maximum Gasteiger partial charge on any atom is 0.573 e. The van der Waals surface area contributed by atoms with Crippen molar-refractivity contribution in [3.63, 3.8) is 0 Å². The number of rotatable bonds is 5. The number of anilines is 2. The third-order valence-corrected chi connectivity index (χ3v) is 11.7. The number of para-hydroxylation sites is 1. The molecule has 1 aliphatic heterocycles. The van der Waals surface area contributed by atoms with Gasteiger partial charge in [-0.05, 0) is 79.0 Å². The van der Waals surface area contributed by atoms with Crippen LogP contribution >= 0.6 is 0 Å². The van der Waals surface area contributed by atoms with Crippen molar-refractivity contribution in [2.45, 2.75) is 64.7 Å². The standard InChI is InChI=1S/C29H32F3NO4Si/c1-18-15-20(16-19(2)25(18)37-38(6,7)27(3,4)5)28(35)23-13-8-9-14-24(23)33(26(28)34)21-11-10-12-22(17-21)36-29(30,31)32/h8-17,35H,1-7H3. The van der Waals surface area contributed by atoms with Crippen LogP contribution in [0.15, 0.2) is 60.7 Å². The molecule has 0 spiro atoms. The molecule has 0 saturated heterocycles. The smallest absolute Gasteiger partial charge is 0.543 e. The second kappa shape index (κ2) is 9.16. The monoisotopic (exact) mass is 543 g/mol. The summed E-state index contributed by atoms with van der Waals surface area (Å²) in [5.74, 6) is -0.425. The van der Waals surface area contributed by atoms with Crippen LogP contribution in [0, 0.1) is 13.8 Å². The van der Waals surface area contributed by atoms with Gasteiger partial charge in [0.15, 0.2) is 5.60 Å². The van der Waals surface area contributed by atoms with Crippen LogP contribution in [0.4, 0.5) is 24.5 Å². The number of aryl methyl sites for hydroxylation is 2. The highest BCUT2D eigenvalue weighted by Gasteiger charge is 2.52. The topological polar surface area (TPSA) is 59.0 Å². The minimum atomic E-state index is -4.88. The number of carbonyl (C=O) groups excluding carboxylic acids is 1. The third kappa shape index (κ3) is 4.80. The Kier molecular flexibility index (Phi) is 6.69. The molecule has 0 aliphatic carbocycles. The van der Waals surface area contributed by atoms with Gasteiger partial charge in [0.05, 0.1) is 11.4 Å². The Balaban J connectivity index is 1.80. The zero-order valence-corrected chi connectivity index (χ0v) is 23.5. The van der Waals surface area contributed by atoms with E-state index < -0.39 is 31.9 Å². The second-order valence-corrected chi connectivity index (χ2v) is 15.9. The Morgan fingerprint density at radius 3 is 2.11 bits per heavy atom. The zero-order valence-electron chi connectivity index (χ0n) is 22.5. The van der Waals surface area contributed by atoms with Gasteiger partial charge in [-0.15, -0.1) is 13.2 Å². The van der Waals surface area contributed by atoms with Crippen molar-refractivity contribution in [2.75, 3.05) is 4.90 Å². The summed E-state index contributed by atoms with van der Waals surface area (Å²) >= 11 is 0. The van der Waals surface area contributed by atoms with Crippen molar-refractivity contribution >= 4 is 25.6 Å². The molecule has 1 aliphatic rings. The number of fused-ring (bicyclic) bond motifs is 1. The molecule has 0 radical (unpaired) electrons. The van der Waals surface area contributed by atoms with Gasteiger partial charge in [-0.3, -0.25) is 9.69 Å². The Bertz CT molecular complexity index is 1370.